The van der Waals surface area contributed by atoms with Crippen LogP contribution in [-0.4, -0.2) is 35.4 Å². The summed E-state index contributed by atoms with van der Waals surface area (Å²) in [6, 6.07) is 0. The first-order chi connectivity index (χ1) is 8.76. The molecule has 0 aliphatic heterocycles. The van der Waals surface area contributed by atoms with Crippen LogP contribution in [0, 0.1) is 0 Å². The minimum Gasteiger partial charge on any atom is -0.357 e. The van der Waals surface area contributed by atoms with Gasteiger partial charge in [0.25, 0.3) is 0 Å². The van der Waals surface area contributed by atoms with Gasteiger partial charge in [0, 0.05) is 32.9 Å². The summed E-state index contributed by atoms with van der Waals surface area (Å²) in [6.07, 6.45) is 7.81. The van der Waals surface area contributed by atoms with Crippen molar-refractivity contribution in [1.29, 1.82) is 0 Å². The van der Waals surface area contributed by atoms with E-state index < -0.39 is 0 Å². The van der Waals surface area contributed by atoms with E-state index in [0.29, 0.717) is 0 Å². The third-order valence-corrected chi connectivity index (χ3v) is 2.41. The number of aromatic nitrogens is 2. The number of hydrogen-bond donors (Lipinski definition) is 2. The highest BCUT2D eigenvalue weighted by Gasteiger charge is 1.97. The van der Waals surface area contributed by atoms with Gasteiger partial charge >= 0.3 is 0 Å². The molecular formula is C13H23N5. The Morgan fingerprint density at radius 2 is 2.39 bits per heavy atom. The van der Waals surface area contributed by atoms with Gasteiger partial charge in [-0.2, -0.15) is 5.10 Å². The molecule has 100 valence electrons. The van der Waals surface area contributed by atoms with E-state index in [2.05, 4.69) is 34.2 Å². The maximum Gasteiger partial charge on any atom is 0.191 e. The molecule has 0 aliphatic rings. The summed E-state index contributed by atoms with van der Waals surface area (Å²) < 4.78 is 1.83. The summed E-state index contributed by atoms with van der Waals surface area (Å²) >= 11 is 0. The van der Waals surface area contributed by atoms with Crippen molar-refractivity contribution in [2.75, 3.05) is 19.6 Å². The zero-order valence-electron chi connectivity index (χ0n) is 11.3. The van der Waals surface area contributed by atoms with Gasteiger partial charge in [0.1, 0.15) is 0 Å². The number of rotatable bonds is 7. The summed E-state index contributed by atoms with van der Waals surface area (Å²) in [6.45, 7) is 8.14. The van der Waals surface area contributed by atoms with Gasteiger partial charge in [-0.1, -0.05) is 6.08 Å². The molecule has 0 atom stereocenters. The third kappa shape index (κ3) is 5.52. The van der Waals surface area contributed by atoms with E-state index in [0.717, 1.165) is 38.4 Å². The molecule has 0 bridgehead atoms. The van der Waals surface area contributed by atoms with Crippen molar-refractivity contribution in [2.45, 2.75) is 19.8 Å². The lowest BCUT2D eigenvalue weighted by Crippen LogP contribution is -2.37. The van der Waals surface area contributed by atoms with Crippen LogP contribution >= 0.6 is 0 Å². The van der Waals surface area contributed by atoms with Gasteiger partial charge in [-0.15, -0.1) is 6.58 Å². The molecule has 0 aromatic carbocycles. The normalized spacial score (nSPS) is 11.3. The standard InChI is InChI=1S/C13H23N5/c1-4-8-15-13(14-5-2)16-9-6-7-12-10-17-18(3)11-12/h4,10-11H,1,5-9H2,2-3H3,(H2,14,15,16). The van der Waals surface area contributed by atoms with E-state index in [1.54, 1.807) is 0 Å². The van der Waals surface area contributed by atoms with Gasteiger partial charge in [-0.05, 0) is 25.3 Å². The molecule has 1 aromatic rings. The summed E-state index contributed by atoms with van der Waals surface area (Å²) in [7, 11) is 1.93. The molecule has 0 spiro atoms. The van der Waals surface area contributed by atoms with Crippen molar-refractivity contribution >= 4 is 5.96 Å². The van der Waals surface area contributed by atoms with Crippen LogP contribution in [0.25, 0.3) is 0 Å². The summed E-state index contributed by atoms with van der Waals surface area (Å²) in [4.78, 5) is 4.49. The Kier molecular flexibility index (Phi) is 6.61. The minimum atomic E-state index is 0.731. The van der Waals surface area contributed by atoms with Gasteiger partial charge in [-0.25, -0.2) is 0 Å². The molecule has 1 heterocycles. The van der Waals surface area contributed by atoms with Gasteiger partial charge in [0.15, 0.2) is 5.96 Å². The summed E-state index contributed by atoms with van der Waals surface area (Å²) in [5.41, 5.74) is 1.26. The number of nitrogens with zero attached hydrogens (tertiary/aromatic N) is 3. The molecule has 18 heavy (non-hydrogen) atoms. The smallest absolute Gasteiger partial charge is 0.191 e. The maximum atomic E-state index is 4.49. The second-order valence-corrected chi connectivity index (χ2v) is 4.06. The number of nitrogens with one attached hydrogen (secondary N) is 2. The second-order valence-electron chi connectivity index (χ2n) is 4.06. The van der Waals surface area contributed by atoms with Crippen molar-refractivity contribution in [2.24, 2.45) is 12.0 Å². The predicted molar refractivity (Wildman–Crippen MR) is 75.7 cm³/mol. The zero-order chi connectivity index (χ0) is 13.2. The highest BCUT2D eigenvalue weighted by atomic mass is 15.2. The molecule has 0 amide bonds. The van der Waals surface area contributed by atoms with Gasteiger partial charge in [-0.3, -0.25) is 9.67 Å². The Morgan fingerprint density at radius 3 is 3.00 bits per heavy atom. The van der Waals surface area contributed by atoms with Crippen LogP contribution in [-0.2, 0) is 13.5 Å². The van der Waals surface area contributed by atoms with Crippen molar-refractivity contribution in [1.82, 2.24) is 20.4 Å². The molecule has 0 unspecified atom stereocenters. The first kappa shape index (κ1) is 14.3. The molecule has 1 aromatic heterocycles. The monoisotopic (exact) mass is 249 g/mol. The van der Waals surface area contributed by atoms with Crippen LogP contribution in [0.15, 0.2) is 30.0 Å². The van der Waals surface area contributed by atoms with Crippen molar-refractivity contribution in [3.8, 4) is 0 Å². The first-order valence-electron chi connectivity index (χ1n) is 6.37. The van der Waals surface area contributed by atoms with Gasteiger partial charge in [0.05, 0.1) is 6.20 Å². The Balaban J connectivity index is 2.29. The Hall–Kier alpha value is -1.78. The van der Waals surface area contributed by atoms with Crippen molar-refractivity contribution < 1.29 is 0 Å². The van der Waals surface area contributed by atoms with Crippen LogP contribution in [0.2, 0.25) is 0 Å². The van der Waals surface area contributed by atoms with E-state index in [4.69, 9.17) is 0 Å². The van der Waals surface area contributed by atoms with E-state index in [9.17, 15) is 0 Å². The minimum absolute atomic E-state index is 0.731. The lowest BCUT2D eigenvalue weighted by Gasteiger charge is -2.08. The molecule has 5 heteroatoms. The fourth-order valence-corrected chi connectivity index (χ4v) is 1.59. The summed E-state index contributed by atoms with van der Waals surface area (Å²) in [5.74, 6) is 0.851. The molecule has 0 saturated carbocycles. The quantitative estimate of drug-likeness (QED) is 0.329. The molecule has 0 saturated heterocycles. The fraction of sp³-hybridized carbons (Fsp3) is 0.538. The van der Waals surface area contributed by atoms with E-state index in [1.165, 1.54) is 5.56 Å². The largest absolute Gasteiger partial charge is 0.357 e. The highest BCUT2D eigenvalue weighted by molar-refractivity contribution is 5.79. The van der Waals surface area contributed by atoms with E-state index in [-0.39, 0.29) is 0 Å². The third-order valence-electron chi connectivity index (χ3n) is 2.41. The topological polar surface area (TPSA) is 54.2 Å². The SMILES string of the molecule is C=CCNC(=NCCCc1cnn(C)c1)NCC. The second kappa shape index (κ2) is 8.33. The molecule has 0 aliphatic carbocycles. The lowest BCUT2D eigenvalue weighted by atomic mass is 10.2. The maximum absolute atomic E-state index is 4.49. The summed E-state index contributed by atoms with van der Waals surface area (Å²) in [5, 5.41) is 10.5. The van der Waals surface area contributed by atoms with Crippen LogP contribution in [0.3, 0.4) is 0 Å². The highest BCUT2D eigenvalue weighted by Crippen LogP contribution is 2.00. The lowest BCUT2D eigenvalue weighted by molar-refractivity contribution is 0.764. The molecule has 1 rings (SSSR count). The fourth-order valence-electron chi connectivity index (χ4n) is 1.59. The number of aliphatic imine (C=N–C) groups is 1. The predicted octanol–water partition coefficient (Wildman–Crippen LogP) is 1.09. The molecule has 0 fully saturated rings. The molecular weight excluding hydrogens is 226 g/mol. The number of hydrogen-bond acceptors (Lipinski definition) is 2. The average Bonchev–Trinajstić information content (AvgIpc) is 2.77. The van der Waals surface area contributed by atoms with Gasteiger partial charge in [0.2, 0.25) is 0 Å². The number of aryl methyl sites for hydroxylation is 2. The molecule has 2 N–H and O–H groups in total. The Morgan fingerprint density at radius 1 is 1.56 bits per heavy atom. The van der Waals surface area contributed by atoms with Crippen LogP contribution in [0.5, 0.6) is 0 Å². The Labute approximate surface area is 109 Å². The average molecular weight is 249 g/mol. The number of guanidine groups is 1. The van der Waals surface area contributed by atoms with Crippen LogP contribution in [0.4, 0.5) is 0 Å². The van der Waals surface area contributed by atoms with Gasteiger partial charge < -0.3 is 10.6 Å². The van der Waals surface area contributed by atoms with Crippen LogP contribution in [0.1, 0.15) is 18.9 Å². The zero-order valence-corrected chi connectivity index (χ0v) is 11.3. The van der Waals surface area contributed by atoms with Crippen LogP contribution < -0.4 is 10.6 Å². The van der Waals surface area contributed by atoms with Crippen molar-refractivity contribution in [3.05, 3.63) is 30.6 Å². The molecule has 5 nitrogen and oxygen atoms in total. The van der Waals surface area contributed by atoms with E-state index >= 15 is 0 Å². The molecule has 0 radical (unpaired) electrons. The van der Waals surface area contributed by atoms with Crippen molar-refractivity contribution in [3.63, 3.8) is 0 Å². The first-order valence-corrected chi connectivity index (χ1v) is 6.37. The Bertz CT molecular complexity index is 380. The van der Waals surface area contributed by atoms with E-state index in [1.807, 2.05) is 30.2 Å².